The van der Waals surface area contributed by atoms with Gasteiger partial charge in [-0.2, -0.15) is 0 Å². The molecule has 0 aliphatic heterocycles. The molecule has 18 heavy (non-hydrogen) atoms. The van der Waals surface area contributed by atoms with Crippen LogP contribution in [0.25, 0.3) is 0 Å². The van der Waals surface area contributed by atoms with Crippen molar-refractivity contribution in [1.82, 2.24) is 10.9 Å². The number of rotatable bonds is 4. The maximum Gasteiger partial charge on any atom is 0.276 e. The third-order valence-electron chi connectivity index (χ3n) is 1.93. The van der Waals surface area contributed by atoms with E-state index in [1.165, 1.54) is 6.92 Å². The van der Waals surface area contributed by atoms with Crippen LogP contribution in [0.5, 0.6) is 5.75 Å². The van der Waals surface area contributed by atoms with Gasteiger partial charge in [0.05, 0.1) is 11.1 Å². The fourth-order valence-corrected chi connectivity index (χ4v) is 1.18. The first-order valence-corrected chi connectivity index (χ1v) is 5.60. The third kappa shape index (κ3) is 4.60. The molecule has 0 aliphatic rings. The van der Waals surface area contributed by atoms with E-state index in [2.05, 4.69) is 10.9 Å². The molecule has 98 valence electrons. The molecule has 6 nitrogen and oxygen atoms in total. The van der Waals surface area contributed by atoms with Crippen LogP contribution in [0.15, 0.2) is 24.3 Å². The first kappa shape index (κ1) is 14.3. The van der Waals surface area contributed by atoms with Gasteiger partial charge >= 0.3 is 0 Å². The molecule has 2 amide bonds. The topological polar surface area (TPSA) is 93.5 Å². The minimum absolute atomic E-state index is 0.261. The highest BCUT2D eigenvalue weighted by atomic mass is 35.5. The van der Waals surface area contributed by atoms with Crippen LogP contribution in [0.3, 0.4) is 0 Å². The Morgan fingerprint density at radius 1 is 1.39 bits per heavy atom. The minimum atomic E-state index is -0.699. The lowest BCUT2D eigenvalue weighted by Crippen LogP contribution is -2.49. The first-order valence-electron chi connectivity index (χ1n) is 5.22. The van der Waals surface area contributed by atoms with E-state index < -0.39 is 17.9 Å². The Morgan fingerprint density at radius 2 is 2.06 bits per heavy atom. The predicted molar refractivity (Wildman–Crippen MR) is 66.9 cm³/mol. The Labute approximate surface area is 109 Å². The molecule has 0 heterocycles. The molecule has 0 bridgehead atoms. The fourth-order valence-electron chi connectivity index (χ4n) is 0.986. The summed E-state index contributed by atoms with van der Waals surface area (Å²) in [6.07, 6.45) is 0. The Morgan fingerprint density at radius 3 is 2.67 bits per heavy atom. The lowest BCUT2D eigenvalue weighted by Gasteiger charge is -2.10. The Hall–Kier alpha value is -1.79. The van der Waals surface area contributed by atoms with E-state index >= 15 is 0 Å². The minimum Gasteiger partial charge on any atom is -0.482 e. The monoisotopic (exact) mass is 271 g/mol. The van der Waals surface area contributed by atoms with Crippen molar-refractivity contribution in [2.75, 3.05) is 6.61 Å². The summed E-state index contributed by atoms with van der Waals surface area (Å²) in [6.45, 7) is 1.24. The quantitative estimate of drug-likeness (QED) is 0.683. The number of para-hydroxylation sites is 1. The molecule has 0 saturated carbocycles. The van der Waals surface area contributed by atoms with E-state index in [1.807, 2.05) is 0 Å². The Balaban J connectivity index is 2.34. The lowest BCUT2D eigenvalue weighted by atomic mass is 10.3. The van der Waals surface area contributed by atoms with Gasteiger partial charge < -0.3 is 10.5 Å². The highest BCUT2D eigenvalue weighted by molar-refractivity contribution is 6.32. The van der Waals surface area contributed by atoms with Crippen molar-refractivity contribution in [2.45, 2.75) is 13.0 Å². The van der Waals surface area contributed by atoms with E-state index in [0.29, 0.717) is 10.8 Å². The van der Waals surface area contributed by atoms with Gasteiger partial charge in [0.15, 0.2) is 6.61 Å². The Kier molecular flexibility index (Phi) is 5.41. The standard InChI is InChI=1S/C11H14ClN3O3/c1-7(13)11(17)15-14-10(16)6-18-9-5-3-2-4-8(9)12/h2-5,7H,6,13H2,1H3,(H,14,16)(H,15,17). The summed E-state index contributed by atoms with van der Waals surface area (Å²) in [4.78, 5) is 22.4. The molecule has 0 aromatic heterocycles. The van der Waals surface area contributed by atoms with Crippen molar-refractivity contribution in [3.8, 4) is 5.75 Å². The van der Waals surface area contributed by atoms with Crippen molar-refractivity contribution < 1.29 is 14.3 Å². The molecule has 0 spiro atoms. The molecular weight excluding hydrogens is 258 g/mol. The number of benzene rings is 1. The number of carbonyl (C=O) groups excluding carboxylic acids is 2. The molecule has 1 rings (SSSR count). The first-order chi connectivity index (χ1) is 8.50. The number of hydrogen-bond acceptors (Lipinski definition) is 4. The number of nitrogens with two attached hydrogens (primary N) is 1. The van der Waals surface area contributed by atoms with Gasteiger partial charge in [0.25, 0.3) is 11.8 Å². The van der Waals surface area contributed by atoms with Crippen LogP contribution in [-0.2, 0) is 9.59 Å². The van der Waals surface area contributed by atoms with Gasteiger partial charge in [0.1, 0.15) is 5.75 Å². The molecule has 1 unspecified atom stereocenters. The van der Waals surface area contributed by atoms with E-state index in [0.717, 1.165) is 0 Å². The summed E-state index contributed by atoms with van der Waals surface area (Å²) >= 11 is 5.83. The van der Waals surface area contributed by atoms with Gasteiger partial charge in [0.2, 0.25) is 0 Å². The van der Waals surface area contributed by atoms with E-state index in [-0.39, 0.29) is 6.61 Å². The predicted octanol–water partition coefficient (Wildman–Crippen LogP) is 0.213. The summed E-state index contributed by atoms with van der Waals surface area (Å²) in [5.74, 6) is -0.599. The van der Waals surface area contributed by atoms with Gasteiger partial charge in [-0.1, -0.05) is 23.7 Å². The molecule has 7 heteroatoms. The van der Waals surface area contributed by atoms with Gasteiger partial charge in [-0.3, -0.25) is 20.4 Å². The number of nitrogens with one attached hydrogen (secondary N) is 2. The normalized spacial score (nSPS) is 11.5. The second-order valence-electron chi connectivity index (χ2n) is 3.55. The smallest absolute Gasteiger partial charge is 0.276 e. The van der Waals surface area contributed by atoms with Crippen LogP contribution in [-0.4, -0.2) is 24.5 Å². The Bertz CT molecular complexity index is 437. The van der Waals surface area contributed by atoms with Crippen LogP contribution in [0.1, 0.15) is 6.92 Å². The van der Waals surface area contributed by atoms with Crippen molar-refractivity contribution in [3.63, 3.8) is 0 Å². The van der Waals surface area contributed by atoms with Crippen LogP contribution in [0.4, 0.5) is 0 Å². The summed E-state index contributed by atoms with van der Waals surface area (Å²) in [7, 11) is 0. The summed E-state index contributed by atoms with van der Waals surface area (Å²) in [5.41, 5.74) is 9.62. The molecule has 4 N–H and O–H groups in total. The molecule has 1 aromatic carbocycles. The second kappa shape index (κ2) is 6.83. The molecule has 1 atom stereocenters. The highest BCUT2D eigenvalue weighted by Gasteiger charge is 2.09. The van der Waals surface area contributed by atoms with Crippen molar-refractivity contribution in [1.29, 1.82) is 0 Å². The number of amides is 2. The molecule has 0 radical (unpaired) electrons. The fraction of sp³-hybridized carbons (Fsp3) is 0.273. The molecule has 0 aliphatic carbocycles. The summed E-state index contributed by atoms with van der Waals surface area (Å²) in [6, 6.07) is 6.06. The van der Waals surface area contributed by atoms with Gasteiger partial charge in [-0.05, 0) is 19.1 Å². The summed E-state index contributed by atoms with van der Waals surface area (Å²) in [5, 5.41) is 0.407. The maximum atomic E-state index is 11.3. The number of halogens is 1. The van der Waals surface area contributed by atoms with Crippen LogP contribution < -0.4 is 21.3 Å². The third-order valence-corrected chi connectivity index (χ3v) is 2.25. The zero-order valence-corrected chi connectivity index (χ0v) is 10.5. The van der Waals surface area contributed by atoms with Gasteiger partial charge in [-0.25, -0.2) is 0 Å². The number of hydrogen-bond donors (Lipinski definition) is 3. The zero-order valence-electron chi connectivity index (χ0n) is 9.77. The average Bonchev–Trinajstić information content (AvgIpc) is 2.34. The van der Waals surface area contributed by atoms with E-state index in [9.17, 15) is 9.59 Å². The van der Waals surface area contributed by atoms with Crippen molar-refractivity contribution in [2.24, 2.45) is 5.73 Å². The summed E-state index contributed by atoms with van der Waals surface area (Å²) < 4.78 is 5.16. The van der Waals surface area contributed by atoms with Crippen LogP contribution in [0, 0.1) is 0 Å². The van der Waals surface area contributed by atoms with Gasteiger partial charge in [0, 0.05) is 0 Å². The van der Waals surface area contributed by atoms with Crippen LogP contribution >= 0.6 is 11.6 Å². The number of hydrazine groups is 1. The van der Waals surface area contributed by atoms with Crippen molar-refractivity contribution in [3.05, 3.63) is 29.3 Å². The SMILES string of the molecule is CC(N)C(=O)NNC(=O)COc1ccccc1Cl. The second-order valence-corrected chi connectivity index (χ2v) is 3.95. The lowest BCUT2D eigenvalue weighted by molar-refractivity contribution is -0.130. The largest absolute Gasteiger partial charge is 0.482 e. The molecular formula is C11H14ClN3O3. The average molecular weight is 272 g/mol. The number of ether oxygens (including phenoxy) is 1. The molecule has 1 aromatic rings. The van der Waals surface area contributed by atoms with Gasteiger partial charge in [-0.15, -0.1) is 0 Å². The van der Waals surface area contributed by atoms with E-state index in [4.69, 9.17) is 22.1 Å². The zero-order chi connectivity index (χ0) is 13.5. The maximum absolute atomic E-state index is 11.3. The number of carbonyl (C=O) groups is 2. The molecule has 0 saturated heterocycles. The molecule has 0 fully saturated rings. The van der Waals surface area contributed by atoms with Crippen LogP contribution in [0.2, 0.25) is 5.02 Å². The highest BCUT2D eigenvalue weighted by Crippen LogP contribution is 2.22. The van der Waals surface area contributed by atoms with Crippen molar-refractivity contribution >= 4 is 23.4 Å². The van der Waals surface area contributed by atoms with E-state index in [1.54, 1.807) is 24.3 Å².